The highest BCUT2D eigenvalue weighted by molar-refractivity contribution is 9.11. The average Bonchev–Trinajstić information content (AvgIpc) is 2.93. The van der Waals surface area contributed by atoms with Crippen LogP contribution in [0.4, 0.5) is 4.39 Å². The number of para-hydroxylation sites is 1. The first-order valence-corrected chi connectivity index (χ1v) is 7.47. The monoisotopic (exact) mass is 339 g/mol. The van der Waals surface area contributed by atoms with Crippen LogP contribution in [0, 0.1) is 5.82 Å². The van der Waals surface area contributed by atoms with Crippen LogP contribution in [0.1, 0.15) is 25.5 Å². The van der Waals surface area contributed by atoms with Crippen LogP contribution in [0.25, 0.3) is 16.0 Å². The second-order valence-electron chi connectivity index (χ2n) is 4.53. The van der Waals surface area contributed by atoms with Gasteiger partial charge in [0.15, 0.2) is 0 Å². The summed E-state index contributed by atoms with van der Waals surface area (Å²) in [5, 5.41) is 6.05. The minimum Gasteiger partial charge on any atom is -0.226 e. The van der Waals surface area contributed by atoms with Gasteiger partial charge in [-0.05, 0) is 27.9 Å². The lowest BCUT2D eigenvalue weighted by molar-refractivity contribution is 0.631. The van der Waals surface area contributed by atoms with Crippen molar-refractivity contribution in [2.24, 2.45) is 0 Å². The lowest BCUT2D eigenvalue weighted by Crippen LogP contribution is -1.98. The van der Waals surface area contributed by atoms with Crippen LogP contribution in [0.3, 0.4) is 0 Å². The summed E-state index contributed by atoms with van der Waals surface area (Å²) < 4.78 is 16.6. The van der Waals surface area contributed by atoms with Gasteiger partial charge in [0, 0.05) is 5.39 Å². The Morgan fingerprint density at radius 2 is 2.16 bits per heavy atom. The quantitative estimate of drug-likeness (QED) is 0.687. The van der Waals surface area contributed by atoms with Gasteiger partial charge in [-0.1, -0.05) is 37.3 Å². The van der Waals surface area contributed by atoms with Gasteiger partial charge in [-0.3, -0.25) is 0 Å². The summed E-state index contributed by atoms with van der Waals surface area (Å²) in [6.45, 7) is 4.10. The third-order valence-electron chi connectivity index (χ3n) is 2.88. The summed E-state index contributed by atoms with van der Waals surface area (Å²) in [5.74, 6) is -0.0443. The number of nitrogens with zero attached hydrogens (tertiary/aromatic N) is 3. The average molecular weight is 340 g/mol. The van der Waals surface area contributed by atoms with E-state index in [-0.39, 0.29) is 11.7 Å². The van der Waals surface area contributed by atoms with Crippen LogP contribution in [0.5, 0.6) is 0 Å². The molecule has 2 heterocycles. The van der Waals surface area contributed by atoms with E-state index in [1.165, 1.54) is 17.4 Å². The number of halogens is 2. The lowest BCUT2D eigenvalue weighted by Gasteiger charge is -1.98. The van der Waals surface area contributed by atoms with E-state index >= 15 is 0 Å². The van der Waals surface area contributed by atoms with Gasteiger partial charge >= 0.3 is 0 Å². The fourth-order valence-corrected chi connectivity index (χ4v) is 3.20. The first kappa shape index (κ1) is 12.7. The van der Waals surface area contributed by atoms with Crippen molar-refractivity contribution >= 4 is 38.2 Å². The molecule has 0 unspecified atom stereocenters. The molecule has 1 aromatic carbocycles. The number of hydrogen-bond acceptors (Lipinski definition) is 3. The highest BCUT2D eigenvalue weighted by atomic mass is 79.9. The van der Waals surface area contributed by atoms with Crippen molar-refractivity contribution in [2.75, 3.05) is 0 Å². The standard InChI is InChI=1S/C13H11BrFN3S/c1-7(2)11-8-4-3-5-9(15)12(8)18(17-11)13-16-6-10(14)19-13/h3-7H,1-2H3. The summed E-state index contributed by atoms with van der Waals surface area (Å²) in [4.78, 5) is 4.26. The zero-order chi connectivity index (χ0) is 13.6. The first-order valence-electron chi connectivity index (χ1n) is 5.86. The summed E-state index contributed by atoms with van der Waals surface area (Å²) in [6, 6.07) is 5.07. The van der Waals surface area contributed by atoms with E-state index in [4.69, 9.17) is 0 Å². The van der Waals surface area contributed by atoms with E-state index in [1.54, 1.807) is 16.9 Å². The number of aromatic nitrogens is 3. The van der Waals surface area contributed by atoms with E-state index in [2.05, 4.69) is 39.9 Å². The molecule has 0 aliphatic heterocycles. The molecule has 0 saturated carbocycles. The molecule has 0 spiro atoms. The molecule has 0 aliphatic rings. The highest BCUT2D eigenvalue weighted by Gasteiger charge is 2.18. The van der Waals surface area contributed by atoms with Gasteiger partial charge in [0.1, 0.15) is 11.3 Å². The number of hydrogen-bond donors (Lipinski definition) is 0. The molecule has 98 valence electrons. The first-order chi connectivity index (χ1) is 9.08. The molecule has 0 aliphatic carbocycles. The van der Waals surface area contributed by atoms with Crippen molar-refractivity contribution < 1.29 is 4.39 Å². The molecule has 0 fully saturated rings. The van der Waals surface area contributed by atoms with Gasteiger partial charge in [0.25, 0.3) is 0 Å². The Hall–Kier alpha value is -1.27. The van der Waals surface area contributed by atoms with Crippen LogP contribution < -0.4 is 0 Å². The lowest BCUT2D eigenvalue weighted by atomic mass is 10.1. The molecule has 0 saturated heterocycles. The van der Waals surface area contributed by atoms with E-state index < -0.39 is 0 Å². The summed E-state index contributed by atoms with van der Waals surface area (Å²) in [6.07, 6.45) is 1.70. The van der Waals surface area contributed by atoms with Crippen molar-refractivity contribution in [2.45, 2.75) is 19.8 Å². The smallest absolute Gasteiger partial charge is 0.212 e. The normalized spacial score (nSPS) is 11.6. The number of rotatable bonds is 2. The largest absolute Gasteiger partial charge is 0.226 e. The van der Waals surface area contributed by atoms with Crippen molar-refractivity contribution in [1.29, 1.82) is 0 Å². The number of thiazole rings is 1. The third-order valence-corrected chi connectivity index (χ3v) is 4.33. The fourth-order valence-electron chi connectivity index (χ4n) is 2.06. The minimum atomic E-state index is -0.275. The topological polar surface area (TPSA) is 30.7 Å². The Labute approximate surface area is 122 Å². The Kier molecular flexibility index (Phi) is 3.14. The van der Waals surface area contributed by atoms with Crippen molar-refractivity contribution in [3.8, 4) is 5.13 Å². The van der Waals surface area contributed by atoms with Crippen LogP contribution in [-0.2, 0) is 0 Å². The number of fused-ring (bicyclic) bond motifs is 1. The molecule has 3 aromatic rings. The van der Waals surface area contributed by atoms with E-state index in [0.717, 1.165) is 14.9 Å². The Balaban J connectivity index is 2.36. The molecule has 0 radical (unpaired) electrons. The van der Waals surface area contributed by atoms with Crippen LogP contribution in [0.2, 0.25) is 0 Å². The fraction of sp³-hybridized carbons (Fsp3) is 0.231. The van der Waals surface area contributed by atoms with Crippen LogP contribution in [0.15, 0.2) is 28.2 Å². The van der Waals surface area contributed by atoms with Crippen molar-refractivity contribution in [3.63, 3.8) is 0 Å². The number of benzene rings is 1. The minimum absolute atomic E-state index is 0.231. The Bertz CT molecular complexity index is 748. The van der Waals surface area contributed by atoms with Gasteiger partial charge in [-0.2, -0.15) is 5.10 Å². The van der Waals surface area contributed by atoms with Crippen LogP contribution in [-0.4, -0.2) is 14.8 Å². The molecule has 0 N–H and O–H groups in total. The second kappa shape index (κ2) is 4.68. The van der Waals surface area contributed by atoms with Gasteiger partial charge in [0.05, 0.1) is 15.7 Å². The Morgan fingerprint density at radius 1 is 1.37 bits per heavy atom. The molecule has 0 amide bonds. The molecule has 6 heteroatoms. The maximum atomic E-state index is 14.1. The predicted molar refractivity (Wildman–Crippen MR) is 78.5 cm³/mol. The SMILES string of the molecule is CC(C)c1nn(-c2ncc(Br)s2)c2c(F)cccc12. The van der Waals surface area contributed by atoms with Crippen LogP contribution >= 0.6 is 27.3 Å². The second-order valence-corrected chi connectivity index (χ2v) is 6.92. The molecule has 0 atom stereocenters. The molecular formula is C13H11BrFN3S. The summed E-state index contributed by atoms with van der Waals surface area (Å²) in [5.41, 5.74) is 1.38. The van der Waals surface area contributed by atoms with E-state index in [1.807, 2.05) is 6.07 Å². The summed E-state index contributed by atoms with van der Waals surface area (Å²) in [7, 11) is 0. The molecule has 19 heavy (non-hydrogen) atoms. The van der Waals surface area contributed by atoms with Gasteiger partial charge in [-0.25, -0.2) is 14.1 Å². The van der Waals surface area contributed by atoms with Crippen molar-refractivity contribution in [1.82, 2.24) is 14.8 Å². The third kappa shape index (κ3) is 2.08. The molecule has 0 bridgehead atoms. The molecule has 3 rings (SSSR count). The Morgan fingerprint density at radius 3 is 2.79 bits per heavy atom. The maximum absolute atomic E-state index is 14.1. The molecule has 2 aromatic heterocycles. The summed E-state index contributed by atoms with van der Waals surface area (Å²) >= 11 is 4.80. The predicted octanol–water partition coefficient (Wildman–Crippen LogP) is 4.51. The van der Waals surface area contributed by atoms with Gasteiger partial charge in [0.2, 0.25) is 5.13 Å². The van der Waals surface area contributed by atoms with E-state index in [9.17, 15) is 4.39 Å². The zero-order valence-corrected chi connectivity index (χ0v) is 12.8. The molecule has 3 nitrogen and oxygen atoms in total. The molecular weight excluding hydrogens is 329 g/mol. The highest BCUT2D eigenvalue weighted by Crippen LogP contribution is 2.31. The van der Waals surface area contributed by atoms with E-state index in [0.29, 0.717) is 10.6 Å². The zero-order valence-electron chi connectivity index (χ0n) is 10.4. The van der Waals surface area contributed by atoms with Gasteiger partial charge < -0.3 is 0 Å². The van der Waals surface area contributed by atoms with Crippen molar-refractivity contribution in [3.05, 3.63) is 39.7 Å². The van der Waals surface area contributed by atoms with Gasteiger partial charge in [-0.15, -0.1) is 0 Å². The maximum Gasteiger partial charge on any atom is 0.212 e.